The summed E-state index contributed by atoms with van der Waals surface area (Å²) in [6.07, 6.45) is 6.13. The van der Waals surface area contributed by atoms with Gasteiger partial charge in [0.1, 0.15) is 0 Å². The van der Waals surface area contributed by atoms with Crippen LogP contribution in [-0.2, 0) is 10.2 Å². The van der Waals surface area contributed by atoms with Crippen LogP contribution in [0.25, 0.3) is 0 Å². The fourth-order valence-corrected chi connectivity index (χ4v) is 6.30. The maximum Gasteiger partial charge on any atom is 0.279 e. The van der Waals surface area contributed by atoms with Gasteiger partial charge < -0.3 is 5.32 Å². The Kier molecular flexibility index (Phi) is 6.80. The zero-order valence-electron chi connectivity index (χ0n) is 13.2. The average molecular weight is 336 g/mol. The molecule has 3 unspecified atom stereocenters. The minimum atomic E-state index is -3.34. The number of likely N-dealkylation sites (N-methyl/N-ethyl adjacent to an activating group) is 1. The highest BCUT2D eigenvalue weighted by Crippen LogP contribution is 2.30. The maximum atomic E-state index is 12.7. The highest BCUT2D eigenvalue weighted by atomic mass is 32.2. The van der Waals surface area contributed by atoms with Crippen molar-refractivity contribution in [3.63, 3.8) is 0 Å². The van der Waals surface area contributed by atoms with E-state index in [4.69, 9.17) is 0 Å². The van der Waals surface area contributed by atoms with E-state index < -0.39 is 10.2 Å². The third-order valence-corrected chi connectivity index (χ3v) is 7.39. The van der Waals surface area contributed by atoms with E-state index in [0.29, 0.717) is 11.8 Å². The molecule has 0 aromatic carbocycles. The molecule has 1 saturated carbocycles. The van der Waals surface area contributed by atoms with Crippen LogP contribution in [0, 0.1) is 0 Å². The molecule has 21 heavy (non-hydrogen) atoms. The Morgan fingerprint density at radius 1 is 1.24 bits per heavy atom. The minimum absolute atomic E-state index is 0.100. The SMILES string of the molecule is CCSC1CCC(NS(=O)(=O)N2CCCCC2CNC)C1. The van der Waals surface area contributed by atoms with Gasteiger partial charge in [0.15, 0.2) is 0 Å². The molecular formula is C14H29N3O2S2. The summed E-state index contributed by atoms with van der Waals surface area (Å²) in [6.45, 7) is 3.56. The lowest BCUT2D eigenvalue weighted by atomic mass is 10.1. The molecule has 0 spiro atoms. The van der Waals surface area contributed by atoms with Crippen LogP contribution in [0.5, 0.6) is 0 Å². The van der Waals surface area contributed by atoms with Gasteiger partial charge in [-0.1, -0.05) is 13.3 Å². The molecule has 2 rings (SSSR count). The van der Waals surface area contributed by atoms with Gasteiger partial charge in [-0.05, 0) is 44.9 Å². The van der Waals surface area contributed by atoms with Crippen molar-refractivity contribution >= 4 is 22.0 Å². The normalized spacial score (nSPS) is 31.6. The minimum Gasteiger partial charge on any atom is -0.318 e. The summed E-state index contributed by atoms with van der Waals surface area (Å²) in [5.74, 6) is 1.11. The van der Waals surface area contributed by atoms with Gasteiger partial charge in [0.2, 0.25) is 0 Å². The molecule has 1 aliphatic heterocycles. The lowest BCUT2D eigenvalue weighted by Crippen LogP contribution is -2.53. The van der Waals surface area contributed by atoms with Gasteiger partial charge in [-0.3, -0.25) is 0 Å². The molecule has 1 heterocycles. The highest BCUT2D eigenvalue weighted by molar-refractivity contribution is 7.99. The second kappa shape index (κ2) is 8.15. The smallest absolute Gasteiger partial charge is 0.279 e. The van der Waals surface area contributed by atoms with Crippen LogP contribution >= 0.6 is 11.8 Å². The van der Waals surface area contributed by atoms with Crippen molar-refractivity contribution in [3.8, 4) is 0 Å². The van der Waals surface area contributed by atoms with E-state index in [1.54, 1.807) is 4.31 Å². The topological polar surface area (TPSA) is 61.4 Å². The highest BCUT2D eigenvalue weighted by Gasteiger charge is 2.35. The fourth-order valence-electron chi connectivity index (χ4n) is 3.44. The van der Waals surface area contributed by atoms with Crippen LogP contribution in [0.1, 0.15) is 45.4 Å². The number of nitrogens with one attached hydrogen (secondary N) is 2. The largest absolute Gasteiger partial charge is 0.318 e. The first-order valence-electron chi connectivity index (χ1n) is 8.12. The summed E-state index contributed by atoms with van der Waals surface area (Å²) in [6, 6.07) is 0.222. The maximum absolute atomic E-state index is 12.7. The van der Waals surface area contributed by atoms with Crippen molar-refractivity contribution in [1.82, 2.24) is 14.3 Å². The molecule has 1 aliphatic carbocycles. The molecule has 2 N–H and O–H groups in total. The Balaban J connectivity index is 1.94. The number of nitrogens with zero attached hydrogens (tertiary/aromatic N) is 1. The molecule has 0 radical (unpaired) electrons. The standard InChI is InChI=1S/C14H29N3O2S2/c1-3-20-14-8-7-12(10-14)16-21(18,19)17-9-5-4-6-13(17)11-15-2/h12-16H,3-11H2,1-2H3. The van der Waals surface area contributed by atoms with Gasteiger partial charge in [-0.15, -0.1) is 0 Å². The van der Waals surface area contributed by atoms with Gasteiger partial charge in [-0.2, -0.15) is 29.2 Å². The molecule has 2 aliphatic rings. The number of hydrogen-bond donors (Lipinski definition) is 2. The molecular weight excluding hydrogens is 306 g/mol. The number of piperidine rings is 1. The van der Waals surface area contributed by atoms with Crippen molar-refractivity contribution in [2.75, 3.05) is 25.9 Å². The predicted molar refractivity (Wildman–Crippen MR) is 89.9 cm³/mol. The van der Waals surface area contributed by atoms with E-state index in [0.717, 1.165) is 50.8 Å². The summed E-state index contributed by atoms with van der Waals surface area (Å²) >= 11 is 1.95. The Morgan fingerprint density at radius 3 is 2.76 bits per heavy atom. The Morgan fingerprint density at radius 2 is 2.05 bits per heavy atom. The van der Waals surface area contributed by atoms with E-state index in [1.807, 2.05) is 18.8 Å². The molecule has 2 fully saturated rings. The lowest BCUT2D eigenvalue weighted by Gasteiger charge is -2.35. The molecule has 0 bridgehead atoms. The fraction of sp³-hybridized carbons (Fsp3) is 1.00. The van der Waals surface area contributed by atoms with E-state index in [1.165, 1.54) is 0 Å². The first-order valence-corrected chi connectivity index (χ1v) is 10.6. The molecule has 0 aromatic rings. The molecule has 7 heteroatoms. The molecule has 5 nitrogen and oxygen atoms in total. The van der Waals surface area contributed by atoms with Crippen molar-refractivity contribution in [1.29, 1.82) is 0 Å². The summed E-state index contributed by atoms with van der Waals surface area (Å²) < 4.78 is 30.0. The van der Waals surface area contributed by atoms with Gasteiger partial charge >= 0.3 is 0 Å². The van der Waals surface area contributed by atoms with Crippen LogP contribution in [0.2, 0.25) is 0 Å². The molecule has 3 atom stereocenters. The van der Waals surface area contributed by atoms with Gasteiger partial charge in [0.25, 0.3) is 10.2 Å². The second-order valence-corrected chi connectivity index (χ2v) is 9.26. The first-order chi connectivity index (χ1) is 10.1. The number of thioether (sulfide) groups is 1. The van der Waals surface area contributed by atoms with E-state index >= 15 is 0 Å². The van der Waals surface area contributed by atoms with E-state index in [-0.39, 0.29) is 12.1 Å². The molecule has 124 valence electrons. The zero-order valence-corrected chi connectivity index (χ0v) is 14.8. The van der Waals surface area contributed by atoms with Crippen LogP contribution in [0.3, 0.4) is 0 Å². The molecule has 0 aromatic heterocycles. The summed E-state index contributed by atoms with van der Waals surface area (Å²) in [7, 11) is -1.46. The van der Waals surface area contributed by atoms with Crippen molar-refractivity contribution in [2.45, 2.75) is 62.8 Å². The van der Waals surface area contributed by atoms with E-state index in [9.17, 15) is 8.42 Å². The monoisotopic (exact) mass is 335 g/mol. The summed E-state index contributed by atoms with van der Waals surface area (Å²) in [5, 5.41) is 3.74. The van der Waals surface area contributed by atoms with Gasteiger partial charge in [0, 0.05) is 30.4 Å². The summed E-state index contributed by atoms with van der Waals surface area (Å²) in [4.78, 5) is 0. The van der Waals surface area contributed by atoms with Crippen molar-refractivity contribution in [2.24, 2.45) is 0 Å². The van der Waals surface area contributed by atoms with Gasteiger partial charge in [0.05, 0.1) is 0 Å². The first kappa shape index (κ1) is 17.5. The Bertz CT molecular complexity index is 414. The van der Waals surface area contributed by atoms with Crippen LogP contribution in [0.4, 0.5) is 0 Å². The quantitative estimate of drug-likeness (QED) is 0.741. The van der Waals surface area contributed by atoms with Crippen molar-refractivity contribution < 1.29 is 8.42 Å². The van der Waals surface area contributed by atoms with Gasteiger partial charge in [-0.25, -0.2) is 0 Å². The van der Waals surface area contributed by atoms with Crippen LogP contribution in [0.15, 0.2) is 0 Å². The molecule has 1 saturated heterocycles. The Hall–Kier alpha value is 0.180. The number of hydrogen-bond acceptors (Lipinski definition) is 4. The lowest BCUT2D eigenvalue weighted by molar-refractivity contribution is 0.244. The average Bonchev–Trinajstić information content (AvgIpc) is 2.86. The summed E-state index contributed by atoms with van der Waals surface area (Å²) in [5.41, 5.74) is 0. The third-order valence-electron chi connectivity index (χ3n) is 4.42. The van der Waals surface area contributed by atoms with Crippen LogP contribution in [-0.4, -0.2) is 55.9 Å². The predicted octanol–water partition coefficient (Wildman–Crippen LogP) is 1.57. The van der Waals surface area contributed by atoms with Crippen molar-refractivity contribution in [3.05, 3.63) is 0 Å². The third kappa shape index (κ3) is 4.82. The molecule has 0 amide bonds. The second-order valence-electron chi connectivity index (χ2n) is 6.03. The van der Waals surface area contributed by atoms with E-state index in [2.05, 4.69) is 17.0 Å². The number of rotatable bonds is 7. The Labute approximate surface area is 133 Å². The zero-order chi connectivity index (χ0) is 15.3. The van der Waals surface area contributed by atoms with Crippen LogP contribution < -0.4 is 10.0 Å².